The Kier molecular flexibility index (Phi) is 20.6. The van der Waals surface area contributed by atoms with Gasteiger partial charge in [-0.1, -0.05) is 53.4 Å². The van der Waals surface area contributed by atoms with Gasteiger partial charge in [0.05, 0.1) is 18.1 Å². The fourth-order valence-electron chi connectivity index (χ4n) is 6.32. The molecule has 1 rings (SSSR count). The number of unbranched alkanes of at least 4 members (excludes halogenated alkanes) is 1. The number of ether oxygens (including phenoxy) is 1. The largest absolute Gasteiger partial charge is 0.393 e. The maximum absolute atomic E-state index is 14.4. The summed E-state index contributed by atoms with van der Waals surface area (Å²) in [6.45, 7) is 12.2. The molecule has 0 radical (unpaired) electrons. The van der Waals surface area contributed by atoms with Crippen molar-refractivity contribution in [3.63, 3.8) is 0 Å². The lowest BCUT2D eigenvalue weighted by Crippen LogP contribution is -2.61. The maximum Gasteiger partial charge on any atom is 0.243 e. The van der Waals surface area contributed by atoms with E-state index in [1.54, 1.807) is 28.0 Å². The molecule has 7 atom stereocenters. The fourth-order valence-corrected chi connectivity index (χ4v) is 6.32. The van der Waals surface area contributed by atoms with Gasteiger partial charge in [-0.25, -0.2) is 0 Å². The number of nitrogens with one attached hydrogen (secondary N) is 3. The number of aliphatic hydroxyl groups excluding tert-OH is 1. The smallest absolute Gasteiger partial charge is 0.243 e. The Morgan fingerprint density at radius 2 is 1.55 bits per heavy atom. The van der Waals surface area contributed by atoms with E-state index in [-0.39, 0.29) is 36.2 Å². The van der Waals surface area contributed by atoms with E-state index in [1.807, 2.05) is 25.7 Å². The molecule has 49 heavy (non-hydrogen) atoms. The molecule has 0 aromatic carbocycles. The van der Waals surface area contributed by atoms with Crippen LogP contribution >= 0.6 is 0 Å². The van der Waals surface area contributed by atoms with E-state index >= 15 is 0 Å². The number of aliphatic hydroxyl groups is 1. The molecule has 14 heteroatoms. The predicted octanol–water partition coefficient (Wildman–Crippen LogP) is 0.882. The zero-order valence-electron chi connectivity index (χ0n) is 31.3. The molecule has 14 nitrogen and oxygen atoms in total. The van der Waals surface area contributed by atoms with E-state index in [4.69, 9.17) is 16.2 Å². The number of methoxy groups -OCH3 is 1. The molecule has 0 aromatic rings. The summed E-state index contributed by atoms with van der Waals surface area (Å²) in [5, 5.41) is 18.5. The van der Waals surface area contributed by atoms with Crippen LogP contribution in [0.2, 0.25) is 0 Å². The predicted molar refractivity (Wildman–Crippen MR) is 190 cm³/mol. The Labute approximate surface area is 294 Å². The highest BCUT2D eigenvalue weighted by atomic mass is 16.5. The summed E-state index contributed by atoms with van der Waals surface area (Å²) in [7, 11) is 3.19. The van der Waals surface area contributed by atoms with Gasteiger partial charge in [0.1, 0.15) is 18.1 Å². The molecule has 0 heterocycles. The average molecular weight is 698 g/mol. The number of likely N-dealkylation sites (N-methyl/N-ethyl adjacent to an activating group) is 1. The molecule has 0 unspecified atom stereocenters. The van der Waals surface area contributed by atoms with Crippen molar-refractivity contribution in [2.24, 2.45) is 29.2 Å². The van der Waals surface area contributed by atoms with E-state index in [0.717, 1.165) is 44.9 Å². The van der Waals surface area contributed by atoms with Crippen molar-refractivity contribution in [3.05, 3.63) is 0 Å². The van der Waals surface area contributed by atoms with Gasteiger partial charge < -0.3 is 42.2 Å². The average Bonchev–Trinajstić information content (AvgIpc) is 3.06. The van der Waals surface area contributed by atoms with Gasteiger partial charge in [-0.3, -0.25) is 28.9 Å². The van der Waals surface area contributed by atoms with Crippen LogP contribution in [0.3, 0.4) is 0 Å². The summed E-state index contributed by atoms with van der Waals surface area (Å²) in [6.07, 6.45) is 5.98. The third-order valence-electron chi connectivity index (χ3n) is 9.56. The van der Waals surface area contributed by atoms with Gasteiger partial charge in [-0.05, 0) is 64.3 Å². The first-order valence-corrected chi connectivity index (χ1v) is 18.2. The molecule has 8 N–H and O–H groups in total. The molecule has 0 saturated heterocycles. The summed E-state index contributed by atoms with van der Waals surface area (Å²) in [4.78, 5) is 70.3. The molecule has 0 aromatic heterocycles. The lowest BCUT2D eigenvalue weighted by atomic mass is 9.83. The van der Waals surface area contributed by atoms with Gasteiger partial charge in [0.25, 0.3) is 0 Å². The lowest BCUT2D eigenvalue weighted by Gasteiger charge is -2.38. The Balaban J connectivity index is 3.39. The molecule has 5 amide bonds. The fraction of sp³-hybridized carbons (Fsp3) is 0.857. The van der Waals surface area contributed by atoms with Crippen LogP contribution in [0.5, 0.6) is 0 Å². The van der Waals surface area contributed by atoms with Crippen LogP contribution in [0, 0.1) is 17.8 Å². The quantitative estimate of drug-likeness (QED) is 0.0894. The van der Waals surface area contributed by atoms with E-state index in [1.165, 1.54) is 4.90 Å². The maximum atomic E-state index is 14.4. The topological polar surface area (TPSA) is 209 Å². The van der Waals surface area contributed by atoms with Crippen molar-refractivity contribution in [3.8, 4) is 0 Å². The van der Waals surface area contributed by atoms with E-state index in [9.17, 15) is 29.1 Å². The van der Waals surface area contributed by atoms with Gasteiger partial charge in [-0.15, -0.1) is 0 Å². The summed E-state index contributed by atoms with van der Waals surface area (Å²) >= 11 is 0. The van der Waals surface area contributed by atoms with E-state index in [0.29, 0.717) is 32.5 Å². The van der Waals surface area contributed by atoms with Gasteiger partial charge in [0.15, 0.2) is 0 Å². The molecular formula is C35H67N7O7. The van der Waals surface area contributed by atoms with Crippen LogP contribution in [0.1, 0.15) is 99.3 Å². The van der Waals surface area contributed by atoms with Crippen LogP contribution in [-0.4, -0.2) is 121 Å². The Morgan fingerprint density at radius 3 is 2.06 bits per heavy atom. The molecule has 284 valence electrons. The van der Waals surface area contributed by atoms with Crippen molar-refractivity contribution >= 4 is 29.5 Å². The molecular weight excluding hydrogens is 630 g/mol. The molecule has 0 aliphatic heterocycles. The van der Waals surface area contributed by atoms with Gasteiger partial charge in [-0.2, -0.15) is 0 Å². The van der Waals surface area contributed by atoms with Crippen LogP contribution in [0.25, 0.3) is 0 Å². The summed E-state index contributed by atoms with van der Waals surface area (Å²) in [6, 6.07) is -3.83. The minimum absolute atomic E-state index is 0.0456. The van der Waals surface area contributed by atoms with E-state index in [2.05, 4.69) is 22.9 Å². The number of nitrogens with two attached hydrogens (primary N) is 2. The second kappa shape index (κ2) is 22.8. The zero-order valence-corrected chi connectivity index (χ0v) is 31.3. The second-order valence-corrected chi connectivity index (χ2v) is 14.3. The Morgan fingerprint density at radius 1 is 0.918 bits per heavy atom. The van der Waals surface area contributed by atoms with Crippen LogP contribution in [0.15, 0.2) is 0 Å². The summed E-state index contributed by atoms with van der Waals surface area (Å²) < 4.78 is 5.40. The number of hydrogen-bond donors (Lipinski definition) is 6. The SMILES string of the molecule is CCCCN(C[C@@H](C)NC(=O)[C@@H](C)[C@H](C)O)[C@@H](CCOC)C(=O)N(C)[C@@H](CC(C)C)C(=O)N[C@H](C(=O)N[C@@H](CN)C(N)=O)C1CCCCC1. The molecule has 1 fully saturated rings. The van der Waals surface area contributed by atoms with Gasteiger partial charge in [0, 0.05) is 39.9 Å². The number of amides is 5. The van der Waals surface area contributed by atoms with Crippen LogP contribution in [0.4, 0.5) is 0 Å². The number of primary amides is 1. The number of carbonyl (C=O) groups is 5. The van der Waals surface area contributed by atoms with Crippen LogP contribution < -0.4 is 27.4 Å². The van der Waals surface area contributed by atoms with Crippen molar-refractivity contribution < 1.29 is 33.8 Å². The highest BCUT2D eigenvalue weighted by Gasteiger charge is 2.39. The van der Waals surface area contributed by atoms with E-state index < -0.39 is 53.9 Å². The number of rotatable bonds is 23. The first-order chi connectivity index (χ1) is 23.1. The van der Waals surface area contributed by atoms with Gasteiger partial charge >= 0.3 is 0 Å². The number of carbonyl (C=O) groups excluding carboxylic acids is 5. The van der Waals surface area contributed by atoms with Crippen molar-refractivity contribution in [1.82, 2.24) is 25.8 Å². The Bertz CT molecular complexity index is 1040. The monoisotopic (exact) mass is 698 g/mol. The second-order valence-electron chi connectivity index (χ2n) is 14.3. The summed E-state index contributed by atoms with van der Waals surface area (Å²) in [5.41, 5.74) is 11.1. The lowest BCUT2D eigenvalue weighted by molar-refractivity contribution is -0.145. The van der Waals surface area contributed by atoms with Crippen molar-refractivity contribution in [2.75, 3.05) is 40.4 Å². The van der Waals surface area contributed by atoms with Crippen molar-refractivity contribution in [2.45, 2.75) is 136 Å². The number of hydrogen-bond acceptors (Lipinski definition) is 9. The molecule has 0 bridgehead atoms. The van der Waals surface area contributed by atoms with Gasteiger partial charge in [0.2, 0.25) is 29.5 Å². The minimum Gasteiger partial charge on any atom is -0.393 e. The highest BCUT2D eigenvalue weighted by Crippen LogP contribution is 2.27. The number of nitrogens with zero attached hydrogens (tertiary/aromatic N) is 2. The summed E-state index contributed by atoms with van der Waals surface area (Å²) in [5.74, 6) is -2.94. The molecule has 0 spiro atoms. The normalized spacial score (nSPS) is 18.1. The van der Waals surface area contributed by atoms with Crippen molar-refractivity contribution in [1.29, 1.82) is 0 Å². The Hall–Kier alpha value is -2.81. The standard InChI is InChI=1S/C35H67N7O7/c1-9-10-17-42(21-23(4)38-32(45)24(5)25(6)43)28(16-18-49-8)35(48)41(7)29(19-22(2)3)33(46)40-30(26-14-12-11-13-15-26)34(47)39-27(20-36)31(37)44/h22-30,43H,9-21,36H2,1-8H3,(H2,37,44)(H,38,45)(H,39,47)(H,40,46)/t23-,24+,25+,27+,28+,29+,30+/m1/s1. The molecule has 1 aliphatic carbocycles. The van der Waals surface area contributed by atoms with Crippen LogP contribution in [-0.2, 0) is 28.7 Å². The molecule has 1 aliphatic rings. The third-order valence-corrected chi connectivity index (χ3v) is 9.56. The zero-order chi connectivity index (χ0) is 37.3. The first kappa shape index (κ1) is 44.2. The minimum atomic E-state index is -1.07. The molecule has 1 saturated carbocycles. The first-order valence-electron chi connectivity index (χ1n) is 18.2. The third kappa shape index (κ3) is 14.9. The highest BCUT2D eigenvalue weighted by molar-refractivity contribution is 5.94.